The number of aromatic nitrogens is 1. The first kappa shape index (κ1) is 16.3. The Morgan fingerprint density at radius 3 is 2.95 bits per heavy atom. The molecule has 6 heteroatoms. The third-order valence-corrected chi connectivity index (χ3v) is 7.22. The Balaban J connectivity index is 1.60. The Morgan fingerprint density at radius 1 is 1.59 bits per heavy atom. The summed E-state index contributed by atoms with van der Waals surface area (Å²) >= 11 is 3.17. The molecule has 0 spiro atoms. The van der Waals surface area contributed by atoms with Crippen molar-refractivity contribution in [3.05, 3.63) is 11.1 Å². The Labute approximate surface area is 140 Å². The monoisotopic (exact) mass is 340 g/mol. The van der Waals surface area contributed by atoms with Crippen molar-refractivity contribution in [1.29, 1.82) is 0 Å². The van der Waals surface area contributed by atoms with E-state index in [1.165, 1.54) is 0 Å². The number of aryl methyl sites for hydroxylation is 1. The quantitative estimate of drug-likeness (QED) is 0.773. The van der Waals surface area contributed by atoms with Gasteiger partial charge in [0.2, 0.25) is 5.91 Å². The SMILES string of the molecule is COC[C@@]12CN(C(=O)CSc3nc(C)cs3)C[C@@H]1C(C)(C)C2. The van der Waals surface area contributed by atoms with Gasteiger partial charge in [-0.05, 0) is 24.7 Å². The van der Waals surface area contributed by atoms with Gasteiger partial charge < -0.3 is 9.64 Å². The molecule has 22 heavy (non-hydrogen) atoms. The van der Waals surface area contributed by atoms with Crippen LogP contribution in [0.5, 0.6) is 0 Å². The van der Waals surface area contributed by atoms with Crippen molar-refractivity contribution >= 4 is 29.0 Å². The van der Waals surface area contributed by atoms with E-state index in [0.29, 0.717) is 17.1 Å². The van der Waals surface area contributed by atoms with E-state index < -0.39 is 0 Å². The first-order valence-electron chi connectivity index (χ1n) is 7.68. The van der Waals surface area contributed by atoms with Crippen molar-refractivity contribution in [2.75, 3.05) is 32.6 Å². The number of amides is 1. The van der Waals surface area contributed by atoms with Crippen LogP contribution in [0.2, 0.25) is 0 Å². The topological polar surface area (TPSA) is 42.4 Å². The zero-order valence-electron chi connectivity index (χ0n) is 13.7. The molecule has 1 aliphatic carbocycles. The van der Waals surface area contributed by atoms with Gasteiger partial charge >= 0.3 is 0 Å². The van der Waals surface area contributed by atoms with E-state index in [1.54, 1.807) is 30.2 Å². The number of fused-ring (bicyclic) bond motifs is 1. The second-order valence-corrected chi connectivity index (χ2v) is 9.41. The summed E-state index contributed by atoms with van der Waals surface area (Å²) in [5.41, 5.74) is 1.55. The van der Waals surface area contributed by atoms with E-state index in [0.717, 1.165) is 36.2 Å². The minimum atomic E-state index is 0.191. The number of nitrogens with zero attached hydrogens (tertiary/aromatic N) is 2. The van der Waals surface area contributed by atoms with Crippen LogP contribution in [0, 0.1) is 23.7 Å². The molecule has 0 N–H and O–H groups in total. The van der Waals surface area contributed by atoms with Gasteiger partial charge in [-0.15, -0.1) is 11.3 Å². The van der Waals surface area contributed by atoms with Gasteiger partial charge in [-0.1, -0.05) is 25.6 Å². The fraction of sp³-hybridized carbons (Fsp3) is 0.750. The molecule has 2 aliphatic rings. The summed E-state index contributed by atoms with van der Waals surface area (Å²) < 4.78 is 6.44. The number of hydrogen-bond acceptors (Lipinski definition) is 5. The third kappa shape index (κ3) is 2.81. The van der Waals surface area contributed by atoms with Gasteiger partial charge in [0.25, 0.3) is 0 Å². The molecular weight excluding hydrogens is 316 g/mol. The number of likely N-dealkylation sites (tertiary alicyclic amines) is 1. The van der Waals surface area contributed by atoms with Crippen LogP contribution in [0.1, 0.15) is 26.0 Å². The summed E-state index contributed by atoms with van der Waals surface area (Å²) in [6, 6.07) is 0. The molecule has 1 aliphatic heterocycles. The number of thiazole rings is 1. The highest BCUT2D eigenvalue weighted by Gasteiger charge is 2.63. The molecule has 122 valence electrons. The fourth-order valence-electron chi connectivity index (χ4n) is 4.41. The van der Waals surface area contributed by atoms with E-state index in [9.17, 15) is 4.79 Å². The Morgan fingerprint density at radius 2 is 2.36 bits per heavy atom. The van der Waals surface area contributed by atoms with Crippen molar-refractivity contribution in [3.8, 4) is 0 Å². The average Bonchev–Trinajstić information content (AvgIpc) is 2.98. The second-order valence-electron chi connectivity index (χ2n) is 7.33. The third-order valence-electron chi connectivity index (χ3n) is 5.10. The van der Waals surface area contributed by atoms with Crippen molar-refractivity contribution < 1.29 is 9.53 Å². The van der Waals surface area contributed by atoms with E-state index in [-0.39, 0.29) is 11.3 Å². The molecule has 1 saturated heterocycles. The molecule has 2 fully saturated rings. The summed E-state index contributed by atoms with van der Waals surface area (Å²) in [7, 11) is 1.77. The predicted octanol–water partition coefficient (Wildman–Crippen LogP) is 3.06. The maximum absolute atomic E-state index is 12.5. The molecule has 2 heterocycles. The normalized spacial score (nSPS) is 29.3. The van der Waals surface area contributed by atoms with Crippen molar-refractivity contribution in [2.24, 2.45) is 16.7 Å². The molecule has 1 aromatic heterocycles. The largest absolute Gasteiger partial charge is 0.384 e. The summed E-state index contributed by atoms with van der Waals surface area (Å²) in [4.78, 5) is 19.0. The minimum Gasteiger partial charge on any atom is -0.384 e. The minimum absolute atomic E-state index is 0.191. The predicted molar refractivity (Wildman–Crippen MR) is 90.4 cm³/mol. The second kappa shape index (κ2) is 5.80. The number of rotatable bonds is 5. The maximum atomic E-state index is 12.5. The zero-order valence-corrected chi connectivity index (χ0v) is 15.4. The lowest BCUT2D eigenvalue weighted by Crippen LogP contribution is -2.55. The van der Waals surface area contributed by atoms with Crippen molar-refractivity contribution in [3.63, 3.8) is 0 Å². The van der Waals surface area contributed by atoms with E-state index >= 15 is 0 Å². The highest BCUT2D eigenvalue weighted by atomic mass is 32.2. The number of thioether (sulfide) groups is 1. The van der Waals surface area contributed by atoms with Crippen LogP contribution >= 0.6 is 23.1 Å². The van der Waals surface area contributed by atoms with Crippen molar-refractivity contribution in [1.82, 2.24) is 9.88 Å². The van der Waals surface area contributed by atoms with E-state index in [2.05, 4.69) is 18.8 Å². The lowest BCUT2D eigenvalue weighted by molar-refractivity contribution is -0.128. The van der Waals surface area contributed by atoms with Crippen LogP contribution in [0.25, 0.3) is 0 Å². The number of methoxy groups -OCH3 is 1. The maximum Gasteiger partial charge on any atom is 0.233 e. The van der Waals surface area contributed by atoms with Crippen LogP contribution in [0.15, 0.2) is 9.72 Å². The number of carbonyl (C=O) groups excluding carboxylic acids is 1. The van der Waals surface area contributed by atoms with Gasteiger partial charge in [0.05, 0.1) is 12.4 Å². The van der Waals surface area contributed by atoms with Crippen LogP contribution in [-0.2, 0) is 9.53 Å². The van der Waals surface area contributed by atoms with Crippen LogP contribution in [0.4, 0.5) is 0 Å². The molecule has 0 radical (unpaired) electrons. The average molecular weight is 341 g/mol. The van der Waals surface area contributed by atoms with Gasteiger partial charge in [-0.25, -0.2) is 4.98 Å². The number of ether oxygens (including phenoxy) is 1. The molecule has 4 nitrogen and oxygen atoms in total. The van der Waals surface area contributed by atoms with Gasteiger partial charge in [-0.3, -0.25) is 4.79 Å². The molecular formula is C16H24N2O2S2. The lowest BCUT2D eigenvalue weighted by Gasteiger charge is -2.56. The molecule has 2 atom stereocenters. The highest BCUT2D eigenvalue weighted by Crippen LogP contribution is 2.62. The standard InChI is InChI=1S/C16H24N2O2S2/c1-11-6-21-14(17-11)22-7-13(19)18-5-12-15(2,3)8-16(12,9-18)10-20-4/h6,12H,5,7-10H2,1-4H3/t12-,16-/m1/s1. The molecule has 1 saturated carbocycles. The van der Waals surface area contributed by atoms with Gasteiger partial charge in [0, 0.05) is 36.7 Å². The summed E-state index contributed by atoms with van der Waals surface area (Å²) in [6.07, 6.45) is 1.15. The Bertz CT molecular complexity index is 572. The van der Waals surface area contributed by atoms with Gasteiger partial charge in [-0.2, -0.15) is 0 Å². The molecule has 0 aromatic carbocycles. The molecule has 3 rings (SSSR count). The first-order valence-corrected chi connectivity index (χ1v) is 9.54. The van der Waals surface area contributed by atoms with E-state index in [1.807, 2.05) is 17.2 Å². The molecule has 0 unspecified atom stereocenters. The fourth-order valence-corrected chi connectivity index (χ4v) is 6.16. The van der Waals surface area contributed by atoms with Crippen molar-refractivity contribution in [2.45, 2.75) is 31.5 Å². The smallest absolute Gasteiger partial charge is 0.233 e. The van der Waals surface area contributed by atoms with Gasteiger partial charge in [0.15, 0.2) is 4.34 Å². The summed E-state index contributed by atoms with van der Waals surface area (Å²) in [6.45, 7) is 9.11. The van der Waals surface area contributed by atoms with E-state index in [4.69, 9.17) is 4.74 Å². The van der Waals surface area contributed by atoms with Gasteiger partial charge in [0.1, 0.15) is 0 Å². The zero-order chi connectivity index (χ0) is 16.0. The lowest BCUT2D eigenvalue weighted by atomic mass is 9.48. The number of hydrogen-bond donors (Lipinski definition) is 0. The summed E-state index contributed by atoms with van der Waals surface area (Å²) in [5, 5.41) is 2.03. The molecule has 1 amide bonds. The Kier molecular flexibility index (Phi) is 4.29. The summed E-state index contributed by atoms with van der Waals surface area (Å²) in [5.74, 6) is 1.29. The van der Waals surface area contributed by atoms with Crippen LogP contribution in [0.3, 0.4) is 0 Å². The van der Waals surface area contributed by atoms with Crippen LogP contribution < -0.4 is 0 Å². The van der Waals surface area contributed by atoms with Crippen LogP contribution in [-0.4, -0.2) is 48.4 Å². The number of carbonyl (C=O) groups is 1. The molecule has 1 aromatic rings. The highest BCUT2D eigenvalue weighted by molar-refractivity contribution is 8.01. The first-order chi connectivity index (χ1) is 10.4. The Hall–Kier alpha value is -0.590. The molecule has 0 bridgehead atoms.